The van der Waals surface area contributed by atoms with Crippen molar-refractivity contribution in [1.29, 1.82) is 0 Å². The molecule has 0 bridgehead atoms. The molecule has 1 aromatic heterocycles. The topological polar surface area (TPSA) is 45.8 Å². The highest BCUT2D eigenvalue weighted by atomic mass is 35.5. The third-order valence-electron chi connectivity index (χ3n) is 2.12. The predicted octanol–water partition coefficient (Wildman–Crippen LogP) is 2.50. The summed E-state index contributed by atoms with van der Waals surface area (Å²) in [6.07, 6.45) is 0. The van der Waals surface area contributed by atoms with Crippen LogP contribution in [0.25, 0.3) is 0 Å². The molecule has 0 saturated heterocycles. The van der Waals surface area contributed by atoms with Crippen LogP contribution in [0.2, 0.25) is 0 Å². The van der Waals surface area contributed by atoms with Crippen molar-refractivity contribution in [2.45, 2.75) is 39.0 Å². The number of H-pyrrole nitrogens is 1. The van der Waals surface area contributed by atoms with E-state index >= 15 is 0 Å². The van der Waals surface area contributed by atoms with Crippen LogP contribution < -0.4 is 5.56 Å². The van der Waals surface area contributed by atoms with Crippen LogP contribution in [0.5, 0.6) is 0 Å². The fourth-order valence-corrected chi connectivity index (χ4v) is 1.59. The molecule has 0 aliphatic rings. The SMILES string of the molecule is Cc1nc(C(C)Cl)[nH]c(=O)c1C(C)C. The van der Waals surface area contributed by atoms with Gasteiger partial charge in [-0.05, 0) is 19.8 Å². The highest BCUT2D eigenvalue weighted by Crippen LogP contribution is 2.17. The Bertz CT molecular complexity index is 382. The number of halogens is 1. The molecule has 1 rings (SSSR count). The Morgan fingerprint density at radius 1 is 1.36 bits per heavy atom. The van der Waals surface area contributed by atoms with Crippen LogP contribution in [0.15, 0.2) is 4.79 Å². The van der Waals surface area contributed by atoms with Gasteiger partial charge in [0, 0.05) is 11.3 Å². The molecule has 0 aromatic carbocycles. The Kier molecular flexibility index (Phi) is 3.32. The van der Waals surface area contributed by atoms with Gasteiger partial charge < -0.3 is 4.98 Å². The summed E-state index contributed by atoms with van der Waals surface area (Å²) in [7, 11) is 0. The summed E-state index contributed by atoms with van der Waals surface area (Å²) in [6, 6.07) is 0. The molecule has 4 heteroatoms. The van der Waals surface area contributed by atoms with Crippen molar-refractivity contribution in [3.63, 3.8) is 0 Å². The number of aromatic amines is 1. The maximum atomic E-state index is 11.7. The van der Waals surface area contributed by atoms with E-state index in [0.29, 0.717) is 5.82 Å². The van der Waals surface area contributed by atoms with Gasteiger partial charge >= 0.3 is 0 Å². The minimum absolute atomic E-state index is 0.0741. The number of aryl methyl sites for hydroxylation is 1. The molecule has 0 fully saturated rings. The molecule has 1 aromatic rings. The van der Waals surface area contributed by atoms with Gasteiger partial charge in [-0.3, -0.25) is 4.79 Å². The molecule has 1 N–H and O–H groups in total. The lowest BCUT2D eigenvalue weighted by Gasteiger charge is -2.10. The zero-order valence-corrected chi connectivity index (χ0v) is 9.64. The van der Waals surface area contributed by atoms with E-state index in [2.05, 4.69) is 9.97 Å². The number of hydrogen-bond donors (Lipinski definition) is 1. The third kappa shape index (κ3) is 2.15. The van der Waals surface area contributed by atoms with E-state index in [0.717, 1.165) is 11.3 Å². The Balaban J connectivity index is 3.33. The summed E-state index contributed by atoms with van der Waals surface area (Å²) in [5.41, 5.74) is 1.44. The Hall–Kier alpha value is -0.830. The monoisotopic (exact) mass is 214 g/mol. The van der Waals surface area contributed by atoms with Crippen LogP contribution in [0.3, 0.4) is 0 Å². The average molecular weight is 215 g/mol. The van der Waals surface area contributed by atoms with Gasteiger partial charge in [0.1, 0.15) is 5.82 Å². The minimum Gasteiger partial charge on any atom is -0.309 e. The van der Waals surface area contributed by atoms with E-state index in [9.17, 15) is 4.79 Å². The second-order valence-corrected chi connectivity index (χ2v) is 4.38. The summed E-state index contributed by atoms with van der Waals surface area (Å²) >= 11 is 5.85. The van der Waals surface area contributed by atoms with E-state index in [-0.39, 0.29) is 16.9 Å². The molecule has 0 aliphatic heterocycles. The van der Waals surface area contributed by atoms with Crippen LogP contribution >= 0.6 is 11.6 Å². The van der Waals surface area contributed by atoms with Gasteiger partial charge in [0.25, 0.3) is 5.56 Å². The molecule has 0 aliphatic carbocycles. The third-order valence-corrected chi connectivity index (χ3v) is 2.33. The number of rotatable bonds is 2. The summed E-state index contributed by atoms with van der Waals surface area (Å²) in [5.74, 6) is 0.726. The Labute approximate surface area is 88.5 Å². The van der Waals surface area contributed by atoms with Crippen molar-refractivity contribution < 1.29 is 0 Å². The molecule has 1 unspecified atom stereocenters. The van der Waals surface area contributed by atoms with Crippen LogP contribution in [0.1, 0.15) is 49.1 Å². The molecular formula is C10H15ClN2O. The second kappa shape index (κ2) is 4.13. The van der Waals surface area contributed by atoms with Crippen molar-refractivity contribution in [1.82, 2.24) is 9.97 Å². The van der Waals surface area contributed by atoms with Gasteiger partial charge in [0.2, 0.25) is 0 Å². The van der Waals surface area contributed by atoms with E-state index in [1.54, 1.807) is 6.92 Å². The normalized spacial score (nSPS) is 13.3. The molecule has 78 valence electrons. The quantitative estimate of drug-likeness (QED) is 0.769. The first-order valence-electron chi connectivity index (χ1n) is 4.68. The van der Waals surface area contributed by atoms with Crippen LogP contribution in [0.4, 0.5) is 0 Å². The van der Waals surface area contributed by atoms with Crippen molar-refractivity contribution in [3.8, 4) is 0 Å². The van der Waals surface area contributed by atoms with Gasteiger partial charge in [0.15, 0.2) is 0 Å². The first-order chi connectivity index (χ1) is 6.43. The summed E-state index contributed by atoms with van der Waals surface area (Å²) in [4.78, 5) is 18.6. The van der Waals surface area contributed by atoms with Crippen molar-refractivity contribution in [3.05, 3.63) is 27.4 Å². The maximum absolute atomic E-state index is 11.7. The molecule has 0 saturated carbocycles. The Morgan fingerprint density at radius 2 is 1.93 bits per heavy atom. The van der Waals surface area contributed by atoms with E-state index < -0.39 is 0 Å². The molecule has 0 spiro atoms. The number of nitrogens with zero attached hydrogens (tertiary/aromatic N) is 1. The molecule has 1 heterocycles. The van der Waals surface area contributed by atoms with E-state index in [4.69, 9.17) is 11.6 Å². The number of nitrogens with one attached hydrogen (secondary N) is 1. The first-order valence-corrected chi connectivity index (χ1v) is 5.12. The maximum Gasteiger partial charge on any atom is 0.254 e. The van der Waals surface area contributed by atoms with Gasteiger partial charge in [-0.15, -0.1) is 11.6 Å². The minimum atomic E-state index is -0.261. The summed E-state index contributed by atoms with van der Waals surface area (Å²) in [6.45, 7) is 7.58. The van der Waals surface area contributed by atoms with Crippen molar-refractivity contribution in [2.75, 3.05) is 0 Å². The molecular weight excluding hydrogens is 200 g/mol. The zero-order chi connectivity index (χ0) is 10.9. The Morgan fingerprint density at radius 3 is 2.29 bits per heavy atom. The predicted molar refractivity (Wildman–Crippen MR) is 58.0 cm³/mol. The fraction of sp³-hybridized carbons (Fsp3) is 0.600. The van der Waals surface area contributed by atoms with Gasteiger partial charge in [0.05, 0.1) is 5.38 Å². The lowest BCUT2D eigenvalue weighted by Crippen LogP contribution is -2.20. The van der Waals surface area contributed by atoms with Crippen molar-refractivity contribution >= 4 is 11.6 Å². The molecule has 14 heavy (non-hydrogen) atoms. The number of hydrogen-bond acceptors (Lipinski definition) is 2. The lowest BCUT2D eigenvalue weighted by molar-refractivity contribution is 0.780. The average Bonchev–Trinajstić information content (AvgIpc) is 2.01. The molecule has 1 atom stereocenters. The van der Waals surface area contributed by atoms with Crippen LogP contribution in [-0.2, 0) is 0 Å². The smallest absolute Gasteiger partial charge is 0.254 e. The van der Waals surface area contributed by atoms with Crippen LogP contribution in [-0.4, -0.2) is 9.97 Å². The van der Waals surface area contributed by atoms with Gasteiger partial charge in [-0.25, -0.2) is 4.98 Å². The van der Waals surface area contributed by atoms with Crippen LogP contribution in [0, 0.1) is 6.92 Å². The molecule has 0 radical (unpaired) electrons. The van der Waals surface area contributed by atoms with E-state index in [1.807, 2.05) is 20.8 Å². The molecule has 0 amide bonds. The lowest BCUT2D eigenvalue weighted by atomic mass is 10.0. The number of aromatic nitrogens is 2. The second-order valence-electron chi connectivity index (χ2n) is 3.72. The fourth-order valence-electron chi connectivity index (χ4n) is 1.49. The highest BCUT2D eigenvalue weighted by Gasteiger charge is 2.13. The van der Waals surface area contributed by atoms with E-state index in [1.165, 1.54) is 0 Å². The zero-order valence-electron chi connectivity index (χ0n) is 8.89. The largest absolute Gasteiger partial charge is 0.309 e. The van der Waals surface area contributed by atoms with Crippen molar-refractivity contribution in [2.24, 2.45) is 0 Å². The van der Waals surface area contributed by atoms with Gasteiger partial charge in [-0.1, -0.05) is 13.8 Å². The highest BCUT2D eigenvalue weighted by molar-refractivity contribution is 6.20. The first kappa shape index (κ1) is 11.2. The summed E-state index contributed by atoms with van der Waals surface area (Å²) in [5, 5.41) is -0.261. The standard InChI is InChI=1S/C10H15ClN2O/c1-5(2)8-7(4)12-9(6(3)11)13-10(8)14/h5-6H,1-4H3,(H,12,13,14). The number of alkyl halides is 1. The van der Waals surface area contributed by atoms with Gasteiger partial charge in [-0.2, -0.15) is 0 Å². The molecule has 3 nitrogen and oxygen atoms in total. The summed E-state index contributed by atoms with van der Waals surface area (Å²) < 4.78 is 0.